The van der Waals surface area contributed by atoms with E-state index in [-0.39, 0.29) is 19.0 Å². The fourth-order valence-electron chi connectivity index (χ4n) is 1.90. The number of rotatable bonds is 7. The third-order valence-corrected chi connectivity index (χ3v) is 2.88. The van der Waals surface area contributed by atoms with Gasteiger partial charge in [0, 0.05) is 7.11 Å². The van der Waals surface area contributed by atoms with Crippen molar-refractivity contribution in [3.8, 4) is 5.75 Å². The molecule has 0 aliphatic rings. The highest BCUT2D eigenvalue weighted by atomic mass is 16.5. The van der Waals surface area contributed by atoms with Gasteiger partial charge in [-0.1, -0.05) is 42.5 Å². The van der Waals surface area contributed by atoms with Crippen LogP contribution in [0.15, 0.2) is 54.6 Å². The molecule has 2 aromatic carbocycles. The molecule has 0 aromatic heterocycles. The first-order valence-corrected chi connectivity index (χ1v) is 6.54. The Kier molecular flexibility index (Phi) is 5.33. The number of carbonyl (C=O) groups excluding carboxylic acids is 1. The Hall–Kier alpha value is -2.13. The van der Waals surface area contributed by atoms with Gasteiger partial charge in [-0.2, -0.15) is 0 Å². The molecule has 104 valence electrons. The Morgan fingerprint density at radius 1 is 0.900 bits per heavy atom. The standard InChI is InChI=1S/C17H18O3/c1-19-12-16(18)13-20-17-9-7-15(8-10-17)11-14-5-3-2-4-6-14/h2-10H,11-13H2,1H3. The summed E-state index contributed by atoms with van der Waals surface area (Å²) in [4.78, 5) is 11.3. The minimum absolute atomic E-state index is 0.0475. The molecule has 0 aliphatic carbocycles. The molecule has 0 heterocycles. The summed E-state index contributed by atoms with van der Waals surface area (Å²) in [5.74, 6) is 0.632. The fraction of sp³-hybridized carbons (Fsp3) is 0.235. The minimum atomic E-state index is -0.0686. The smallest absolute Gasteiger partial charge is 0.195 e. The summed E-state index contributed by atoms with van der Waals surface area (Å²) >= 11 is 0. The van der Waals surface area contributed by atoms with Gasteiger partial charge in [0.15, 0.2) is 5.78 Å². The van der Waals surface area contributed by atoms with E-state index in [2.05, 4.69) is 12.1 Å². The van der Waals surface area contributed by atoms with Crippen molar-refractivity contribution in [3.63, 3.8) is 0 Å². The maximum absolute atomic E-state index is 11.3. The molecule has 0 N–H and O–H groups in total. The van der Waals surface area contributed by atoms with E-state index in [0.717, 1.165) is 6.42 Å². The Balaban J connectivity index is 1.88. The first-order valence-electron chi connectivity index (χ1n) is 6.54. The molecule has 20 heavy (non-hydrogen) atoms. The van der Waals surface area contributed by atoms with E-state index in [1.807, 2.05) is 42.5 Å². The quantitative estimate of drug-likeness (QED) is 0.776. The zero-order valence-electron chi connectivity index (χ0n) is 11.5. The molecule has 0 amide bonds. The van der Waals surface area contributed by atoms with Crippen LogP contribution in [0, 0.1) is 0 Å². The minimum Gasteiger partial charge on any atom is -0.486 e. The molecule has 0 radical (unpaired) electrons. The van der Waals surface area contributed by atoms with Crippen LogP contribution in [-0.4, -0.2) is 26.1 Å². The number of hydrogen-bond acceptors (Lipinski definition) is 3. The van der Waals surface area contributed by atoms with Gasteiger partial charge in [-0.05, 0) is 29.7 Å². The molecule has 0 saturated carbocycles. The molecule has 0 fully saturated rings. The summed E-state index contributed by atoms with van der Waals surface area (Å²) < 4.78 is 10.1. The largest absolute Gasteiger partial charge is 0.486 e. The molecule has 2 rings (SSSR count). The number of ether oxygens (including phenoxy) is 2. The van der Waals surface area contributed by atoms with Crippen molar-refractivity contribution in [2.75, 3.05) is 20.3 Å². The number of ketones is 1. The second-order valence-corrected chi connectivity index (χ2v) is 4.57. The van der Waals surface area contributed by atoms with Crippen molar-refractivity contribution < 1.29 is 14.3 Å². The van der Waals surface area contributed by atoms with Crippen LogP contribution in [-0.2, 0) is 16.0 Å². The van der Waals surface area contributed by atoms with Crippen molar-refractivity contribution in [2.24, 2.45) is 0 Å². The third kappa shape index (κ3) is 4.52. The number of hydrogen-bond donors (Lipinski definition) is 0. The number of carbonyl (C=O) groups is 1. The first kappa shape index (κ1) is 14.3. The van der Waals surface area contributed by atoms with Crippen molar-refractivity contribution in [3.05, 3.63) is 65.7 Å². The van der Waals surface area contributed by atoms with Gasteiger partial charge in [0.05, 0.1) is 0 Å². The molecule has 0 atom stereocenters. The Bertz CT molecular complexity index is 532. The van der Waals surface area contributed by atoms with Crippen LogP contribution in [0.3, 0.4) is 0 Å². The molecule has 3 nitrogen and oxygen atoms in total. The van der Waals surface area contributed by atoms with Gasteiger partial charge in [-0.25, -0.2) is 0 Å². The van der Waals surface area contributed by atoms with Crippen LogP contribution in [0.4, 0.5) is 0 Å². The topological polar surface area (TPSA) is 35.5 Å². The molecular formula is C17H18O3. The highest BCUT2D eigenvalue weighted by Gasteiger charge is 2.02. The summed E-state index contributed by atoms with van der Waals surface area (Å²) in [6.45, 7) is 0.137. The second kappa shape index (κ2) is 7.46. The Morgan fingerprint density at radius 3 is 2.20 bits per heavy atom. The lowest BCUT2D eigenvalue weighted by Crippen LogP contribution is -2.16. The van der Waals surface area contributed by atoms with Crippen LogP contribution in [0.25, 0.3) is 0 Å². The number of Topliss-reactive ketones (excluding diaryl/α,β-unsaturated/α-hetero) is 1. The molecule has 0 spiro atoms. The van der Waals surface area contributed by atoms with Gasteiger partial charge in [0.2, 0.25) is 0 Å². The molecule has 0 saturated heterocycles. The van der Waals surface area contributed by atoms with Gasteiger partial charge in [-0.3, -0.25) is 4.79 Å². The summed E-state index contributed by atoms with van der Waals surface area (Å²) in [7, 11) is 1.50. The van der Waals surface area contributed by atoms with Gasteiger partial charge < -0.3 is 9.47 Å². The average Bonchev–Trinajstić information content (AvgIpc) is 2.48. The summed E-state index contributed by atoms with van der Waals surface area (Å²) in [5.41, 5.74) is 2.49. The first-order chi connectivity index (χ1) is 9.78. The van der Waals surface area contributed by atoms with E-state index in [1.54, 1.807) is 0 Å². The van der Waals surface area contributed by atoms with Gasteiger partial charge in [-0.15, -0.1) is 0 Å². The van der Waals surface area contributed by atoms with Crippen molar-refractivity contribution >= 4 is 5.78 Å². The second-order valence-electron chi connectivity index (χ2n) is 4.57. The molecule has 3 heteroatoms. The third-order valence-electron chi connectivity index (χ3n) is 2.88. The van der Waals surface area contributed by atoms with Crippen LogP contribution >= 0.6 is 0 Å². The highest BCUT2D eigenvalue weighted by molar-refractivity contribution is 5.81. The molecule has 0 unspecified atom stereocenters. The zero-order chi connectivity index (χ0) is 14.2. The molecule has 2 aromatic rings. The molecule has 0 bridgehead atoms. The van der Waals surface area contributed by atoms with E-state index in [1.165, 1.54) is 18.2 Å². The lowest BCUT2D eigenvalue weighted by atomic mass is 10.1. The molecule has 0 aliphatic heterocycles. The van der Waals surface area contributed by atoms with Crippen LogP contribution in [0.1, 0.15) is 11.1 Å². The summed E-state index contributed by atoms with van der Waals surface area (Å²) in [6.07, 6.45) is 0.893. The van der Waals surface area contributed by atoms with Crippen LogP contribution < -0.4 is 4.74 Å². The monoisotopic (exact) mass is 270 g/mol. The predicted molar refractivity (Wildman–Crippen MR) is 78.1 cm³/mol. The van der Waals surface area contributed by atoms with E-state index in [9.17, 15) is 4.79 Å². The molecular weight excluding hydrogens is 252 g/mol. The number of methoxy groups -OCH3 is 1. The number of benzene rings is 2. The van der Waals surface area contributed by atoms with E-state index in [0.29, 0.717) is 5.75 Å². The summed E-state index contributed by atoms with van der Waals surface area (Å²) in [6, 6.07) is 18.1. The SMILES string of the molecule is COCC(=O)COc1ccc(Cc2ccccc2)cc1. The van der Waals surface area contributed by atoms with Crippen molar-refractivity contribution in [2.45, 2.75) is 6.42 Å². The lowest BCUT2D eigenvalue weighted by Gasteiger charge is -2.06. The van der Waals surface area contributed by atoms with E-state index < -0.39 is 0 Å². The average molecular weight is 270 g/mol. The maximum Gasteiger partial charge on any atom is 0.195 e. The van der Waals surface area contributed by atoms with Crippen molar-refractivity contribution in [1.82, 2.24) is 0 Å². The van der Waals surface area contributed by atoms with Gasteiger partial charge in [0.1, 0.15) is 19.0 Å². The van der Waals surface area contributed by atoms with Gasteiger partial charge in [0.25, 0.3) is 0 Å². The van der Waals surface area contributed by atoms with Crippen LogP contribution in [0.5, 0.6) is 5.75 Å². The zero-order valence-corrected chi connectivity index (χ0v) is 11.5. The Labute approximate surface area is 119 Å². The maximum atomic E-state index is 11.3. The lowest BCUT2D eigenvalue weighted by molar-refractivity contribution is -0.124. The summed E-state index contributed by atoms with van der Waals surface area (Å²) in [5, 5.41) is 0. The van der Waals surface area contributed by atoms with Crippen LogP contribution in [0.2, 0.25) is 0 Å². The van der Waals surface area contributed by atoms with Gasteiger partial charge >= 0.3 is 0 Å². The normalized spacial score (nSPS) is 10.2. The highest BCUT2D eigenvalue weighted by Crippen LogP contribution is 2.15. The van der Waals surface area contributed by atoms with E-state index in [4.69, 9.17) is 9.47 Å². The predicted octanol–water partition coefficient (Wildman–Crippen LogP) is 2.87. The Morgan fingerprint density at radius 2 is 1.55 bits per heavy atom. The fourth-order valence-corrected chi connectivity index (χ4v) is 1.90. The van der Waals surface area contributed by atoms with E-state index >= 15 is 0 Å². The van der Waals surface area contributed by atoms with Crippen molar-refractivity contribution in [1.29, 1.82) is 0 Å².